The molecule has 1 aromatic rings. The van der Waals surface area contributed by atoms with Crippen molar-refractivity contribution in [2.24, 2.45) is 0 Å². The average molecular weight is 374 g/mol. The maximum Gasteiger partial charge on any atom is 0.315 e. The summed E-state index contributed by atoms with van der Waals surface area (Å²) in [4.78, 5) is 14.8. The standard InChI is InChI=1S/C22H35N3O2/c1-17(2)25(20-10-4-3-5-11-20)14-8-13-23-22(26)24-19-15-18-9-6-7-12-21(18)27-16-19/h6-7,9,12,17,19-20H,3-5,8,10-11,13-16H2,1-2H3,(H2,23,24,26). The van der Waals surface area contributed by atoms with E-state index in [-0.39, 0.29) is 12.1 Å². The fraction of sp³-hybridized carbons (Fsp3) is 0.682. The molecule has 1 unspecified atom stereocenters. The SMILES string of the molecule is CC(C)N(CCCNC(=O)NC1COc2ccccc2C1)C1CCCCC1. The van der Waals surface area contributed by atoms with Crippen molar-refractivity contribution in [3.05, 3.63) is 29.8 Å². The molecule has 1 saturated carbocycles. The first-order valence-electron chi connectivity index (χ1n) is 10.6. The molecule has 27 heavy (non-hydrogen) atoms. The zero-order valence-corrected chi connectivity index (χ0v) is 16.9. The smallest absolute Gasteiger partial charge is 0.315 e. The second kappa shape index (κ2) is 9.98. The van der Waals surface area contributed by atoms with Gasteiger partial charge in [-0.3, -0.25) is 4.90 Å². The van der Waals surface area contributed by atoms with Gasteiger partial charge in [-0.2, -0.15) is 0 Å². The molecule has 5 nitrogen and oxygen atoms in total. The minimum Gasteiger partial charge on any atom is -0.491 e. The number of nitrogens with zero attached hydrogens (tertiary/aromatic N) is 1. The average Bonchev–Trinajstić information content (AvgIpc) is 2.68. The molecule has 0 spiro atoms. The fourth-order valence-electron chi connectivity index (χ4n) is 4.40. The van der Waals surface area contributed by atoms with E-state index in [0.29, 0.717) is 19.2 Å². The summed E-state index contributed by atoms with van der Waals surface area (Å²) in [5.41, 5.74) is 1.16. The predicted molar refractivity (Wildman–Crippen MR) is 109 cm³/mol. The first-order chi connectivity index (χ1) is 13.1. The Kier molecular flexibility index (Phi) is 7.39. The zero-order chi connectivity index (χ0) is 19.1. The highest BCUT2D eigenvalue weighted by molar-refractivity contribution is 5.74. The summed E-state index contributed by atoms with van der Waals surface area (Å²) in [6.07, 6.45) is 8.59. The number of hydrogen-bond acceptors (Lipinski definition) is 3. The van der Waals surface area contributed by atoms with E-state index in [1.54, 1.807) is 0 Å². The van der Waals surface area contributed by atoms with E-state index in [9.17, 15) is 4.79 Å². The molecule has 1 aromatic carbocycles. The van der Waals surface area contributed by atoms with Gasteiger partial charge in [0.25, 0.3) is 0 Å². The van der Waals surface area contributed by atoms with Gasteiger partial charge in [-0.15, -0.1) is 0 Å². The monoisotopic (exact) mass is 373 g/mol. The van der Waals surface area contributed by atoms with Crippen LogP contribution in [0, 0.1) is 0 Å². The summed E-state index contributed by atoms with van der Waals surface area (Å²) in [7, 11) is 0. The number of carbonyl (C=O) groups excluding carboxylic acids is 1. The highest BCUT2D eigenvalue weighted by Gasteiger charge is 2.23. The molecule has 0 aromatic heterocycles. The third-order valence-corrected chi connectivity index (χ3v) is 5.80. The second-order valence-corrected chi connectivity index (χ2v) is 8.20. The topological polar surface area (TPSA) is 53.6 Å². The summed E-state index contributed by atoms with van der Waals surface area (Å²) >= 11 is 0. The molecule has 0 radical (unpaired) electrons. The molecule has 1 heterocycles. The van der Waals surface area contributed by atoms with E-state index < -0.39 is 0 Å². The van der Waals surface area contributed by atoms with Crippen LogP contribution in [0.3, 0.4) is 0 Å². The van der Waals surface area contributed by atoms with Gasteiger partial charge in [0.05, 0.1) is 6.04 Å². The van der Waals surface area contributed by atoms with Gasteiger partial charge < -0.3 is 15.4 Å². The number of fused-ring (bicyclic) bond motifs is 1. The van der Waals surface area contributed by atoms with Crippen molar-refractivity contribution in [3.63, 3.8) is 0 Å². The van der Waals surface area contributed by atoms with Crippen LogP contribution in [0.1, 0.15) is 57.9 Å². The lowest BCUT2D eigenvalue weighted by Gasteiger charge is -2.37. The number of amides is 2. The summed E-state index contributed by atoms with van der Waals surface area (Å²) in [5, 5.41) is 6.06. The van der Waals surface area contributed by atoms with Crippen molar-refractivity contribution in [2.75, 3.05) is 19.7 Å². The third kappa shape index (κ3) is 5.86. The lowest BCUT2D eigenvalue weighted by atomic mass is 9.93. The van der Waals surface area contributed by atoms with E-state index in [2.05, 4.69) is 35.4 Å². The molecule has 0 saturated heterocycles. The normalized spacial score (nSPS) is 20.2. The minimum atomic E-state index is -0.0863. The van der Waals surface area contributed by atoms with Gasteiger partial charge in [0.2, 0.25) is 0 Å². The van der Waals surface area contributed by atoms with Gasteiger partial charge in [-0.25, -0.2) is 4.79 Å². The summed E-state index contributed by atoms with van der Waals surface area (Å²) < 4.78 is 5.74. The number of urea groups is 1. The number of benzene rings is 1. The van der Waals surface area contributed by atoms with Gasteiger partial charge >= 0.3 is 6.03 Å². The van der Waals surface area contributed by atoms with E-state index >= 15 is 0 Å². The Bertz CT molecular complexity index is 599. The third-order valence-electron chi connectivity index (χ3n) is 5.80. The number of ether oxygens (including phenoxy) is 1. The van der Waals surface area contributed by atoms with Crippen LogP contribution in [-0.2, 0) is 6.42 Å². The summed E-state index contributed by atoms with van der Waals surface area (Å²) in [6, 6.07) is 9.29. The molecule has 2 N–H and O–H groups in total. The Morgan fingerprint density at radius 3 is 2.78 bits per heavy atom. The summed E-state index contributed by atoms with van der Waals surface area (Å²) in [6.45, 7) is 6.88. The quantitative estimate of drug-likeness (QED) is 0.716. The van der Waals surface area contributed by atoms with Crippen LogP contribution in [0.4, 0.5) is 4.79 Å². The molecule has 0 bridgehead atoms. The first kappa shape index (κ1) is 20.0. The first-order valence-corrected chi connectivity index (χ1v) is 10.6. The van der Waals surface area contributed by atoms with Gasteiger partial charge in [-0.05, 0) is 51.2 Å². The molecular weight excluding hydrogens is 338 g/mol. The molecule has 2 amide bonds. The molecule has 2 aliphatic rings. The van der Waals surface area contributed by atoms with Crippen molar-refractivity contribution in [2.45, 2.75) is 76.9 Å². The van der Waals surface area contributed by atoms with E-state index in [1.807, 2.05) is 18.2 Å². The number of para-hydroxylation sites is 1. The second-order valence-electron chi connectivity index (χ2n) is 8.20. The van der Waals surface area contributed by atoms with Crippen molar-refractivity contribution >= 4 is 6.03 Å². The van der Waals surface area contributed by atoms with Gasteiger partial charge in [0.1, 0.15) is 12.4 Å². The van der Waals surface area contributed by atoms with Crippen molar-refractivity contribution in [3.8, 4) is 5.75 Å². The molecule has 5 heteroatoms. The lowest BCUT2D eigenvalue weighted by molar-refractivity contribution is 0.119. The maximum atomic E-state index is 12.2. The van der Waals surface area contributed by atoms with Crippen molar-refractivity contribution < 1.29 is 9.53 Å². The highest BCUT2D eigenvalue weighted by atomic mass is 16.5. The predicted octanol–water partition coefficient (Wildman–Crippen LogP) is 3.72. The summed E-state index contributed by atoms with van der Waals surface area (Å²) in [5.74, 6) is 0.937. The molecular formula is C22H35N3O2. The maximum absolute atomic E-state index is 12.2. The van der Waals surface area contributed by atoms with Gasteiger partial charge in [-0.1, -0.05) is 37.5 Å². The van der Waals surface area contributed by atoms with Crippen LogP contribution in [0.25, 0.3) is 0 Å². The Hall–Kier alpha value is -1.75. The van der Waals surface area contributed by atoms with Crippen molar-refractivity contribution in [1.82, 2.24) is 15.5 Å². The van der Waals surface area contributed by atoms with Crippen LogP contribution < -0.4 is 15.4 Å². The fourth-order valence-corrected chi connectivity index (χ4v) is 4.40. The van der Waals surface area contributed by atoms with Crippen LogP contribution in [0.15, 0.2) is 24.3 Å². The van der Waals surface area contributed by atoms with Gasteiger partial charge in [0, 0.05) is 25.2 Å². The molecule has 1 aliphatic carbocycles. The Morgan fingerprint density at radius 2 is 2.00 bits per heavy atom. The number of hydrogen-bond donors (Lipinski definition) is 2. The largest absolute Gasteiger partial charge is 0.491 e. The van der Waals surface area contributed by atoms with Gasteiger partial charge in [0.15, 0.2) is 0 Å². The Labute approximate surface area is 163 Å². The van der Waals surface area contributed by atoms with Crippen molar-refractivity contribution in [1.29, 1.82) is 0 Å². The zero-order valence-electron chi connectivity index (χ0n) is 16.9. The molecule has 1 aliphatic heterocycles. The molecule has 1 fully saturated rings. The van der Waals surface area contributed by atoms with Crippen LogP contribution >= 0.6 is 0 Å². The number of carbonyl (C=O) groups is 1. The number of nitrogens with one attached hydrogen (secondary N) is 2. The van der Waals surface area contributed by atoms with E-state index in [1.165, 1.54) is 32.1 Å². The Morgan fingerprint density at radius 1 is 1.22 bits per heavy atom. The molecule has 1 atom stereocenters. The van der Waals surface area contributed by atoms with Crippen LogP contribution in [-0.4, -0.2) is 48.8 Å². The minimum absolute atomic E-state index is 0.0364. The Balaban J connectivity index is 1.35. The molecule has 3 rings (SSSR count). The van der Waals surface area contributed by atoms with Crippen LogP contribution in [0.5, 0.6) is 5.75 Å². The van der Waals surface area contributed by atoms with Crippen LogP contribution in [0.2, 0.25) is 0 Å². The molecule has 150 valence electrons. The highest BCUT2D eigenvalue weighted by Crippen LogP contribution is 2.25. The number of rotatable bonds is 7. The van der Waals surface area contributed by atoms with E-state index in [4.69, 9.17) is 4.74 Å². The van der Waals surface area contributed by atoms with E-state index in [0.717, 1.165) is 36.7 Å². The lowest BCUT2D eigenvalue weighted by Crippen LogP contribution is -2.48.